The maximum absolute atomic E-state index is 13.6. The first-order valence-electron chi connectivity index (χ1n) is 8.68. The first kappa shape index (κ1) is 20.5. The van der Waals surface area contributed by atoms with E-state index in [-0.39, 0.29) is 16.4 Å². The standard InChI is InChI=1S/C20H18ClFN4O3/c1-11-4-5-14(9-16(11)22)23-18(27)10-29-20(28)19-15(21)6-7-17(24-19)26-13(3)8-12(2)25-26/h4-9H,10H2,1-3H3,(H,23,27). The second-order valence-corrected chi connectivity index (χ2v) is 6.83. The fourth-order valence-electron chi connectivity index (χ4n) is 2.62. The minimum absolute atomic E-state index is 0.0845. The Morgan fingerprint density at radius 3 is 2.59 bits per heavy atom. The van der Waals surface area contributed by atoms with Crippen molar-refractivity contribution in [2.75, 3.05) is 11.9 Å². The van der Waals surface area contributed by atoms with Gasteiger partial charge in [0, 0.05) is 11.4 Å². The lowest BCUT2D eigenvalue weighted by molar-refractivity contribution is -0.119. The van der Waals surface area contributed by atoms with Gasteiger partial charge in [0.1, 0.15) is 5.82 Å². The van der Waals surface area contributed by atoms with Crippen molar-refractivity contribution in [3.63, 3.8) is 0 Å². The number of hydrogen-bond acceptors (Lipinski definition) is 5. The SMILES string of the molecule is Cc1cc(C)n(-c2ccc(Cl)c(C(=O)OCC(=O)Nc3ccc(C)c(F)c3)n2)n1. The molecule has 3 rings (SSSR count). The molecular formula is C20H18ClFN4O3. The van der Waals surface area contributed by atoms with Crippen LogP contribution < -0.4 is 5.32 Å². The van der Waals surface area contributed by atoms with E-state index in [2.05, 4.69) is 15.4 Å². The number of carbonyl (C=O) groups is 2. The van der Waals surface area contributed by atoms with Gasteiger partial charge in [-0.05, 0) is 56.7 Å². The highest BCUT2D eigenvalue weighted by atomic mass is 35.5. The Bertz CT molecular complexity index is 1100. The molecule has 0 radical (unpaired) electrons. The van der Waals surface area contributed by atoms with Crippen LogP contribution >= 0.6 is 11.6 Å². The number of amides is 1. The molecule has 0 aliphatic heterocycles. The second kappa shape index (κ2) is 8.40. The molecular weight excluding hydrogens is 399 g/mol. The molecule has 0 unspecified atom stereocenters. The summed E-state index contributed by atoms with van der Waals surface area (Å²) in [6, 6.07) is 9.26. The van der Waals surface area contributed by atoms with E-state index in [4.69, 9.17) is 16.3 Å². The number of anilines is 1. The van der Waals surface area contributed by atoms with Crippen molar-refractivity contribution in [1.29, 1.82) is 0 Å². The van der Waals surface area contributed by atoms with Gasteiger partial charge in [-0.15, -0.1) is 0 Å². The quantitative estimate of drug-likeness (QED) is 0.639. The normalized spacial score (nSPS) is 10.7. The lowest BCUT2D eigenvalue weighted by atomic mass is 10.2. The van der Waals surface area contributed by atoms with Crippen LogP contribution in [0.3, 0.4) is 0 Å². The zero-order valence-corrected chi connectivity index (χ0v) is 16.7. The molecule has 0 atom stereocenters. The van der Waals surface area contributed by atoms with Crippen molar-refractivity contribution in [3.05, 3.63) is 69.9 Å². The molecule has 1 aromatic carbocycles. The molecule has 0 spiro atoms. The van der Waals surface area contributed by atoms with Crippen LogP contribution in [0.5, 0.6) is 0 Å². The van der Waals surface area contributed by atoms with Crippen molar-refractivity contribution in [1.82, 2.24) is 14.8 Å². The monoisotopic (exact) mass is 416 g/mol. The number of hydrogen-bond donors (Lipinski definition) is 1. The van der Waals surface area contributed by atoms with Crippen LogP contribution in [0.25, 0.3) is 5.82 Å². The van der Waals surface area contributed by atoms with Gasteiger partial charge in [0.2, 0.25) is 0 Å². The number of carbonyl (C=O) groups excluding carboxylic acids is 2. The van der Waals surface area contributed by atoms with E-state index >= 15 is 0 Å². The van der Waals surface area contributed by atoms with E-state index in [1.807, 2.05) is 19.9 Å². The summed E-state index contributed by atoms with van der Waals surface area (Å²) < 4.78 is 20.1. The first-order valence-corrected chi connectivity index (χ1v) is 9.05. The maximum atomic E-state index is 13.6. The van der Waals surface area contributed by atoms with Crippen LogP contribution in [0.1, 0.15) is 27.4 Å². The molecule has 3 aromatic rings. The fourth-order valence-corrected chi connectivity index (χ4v) is 2.80. The molecule has 0 aliphatic rings. The largest absolute Gasteiger partial charge is 0.451 e. The van der Waals surface area contributed by atoms with E-state index in [1.165, 1.54) is 18.2 Å². The van der Waals surface area contributed by atoms with E-state index in [1.54, 1.807) is 23.7 Å². The molecule has 0 saturated carbocycles. The van der Waals surface area contributed by atoms with Gasteiger partial charge >= 0.3 is 5.97 Å². The predicted octanol–water partition coefficient (Wildman–Crippen LogP) is 3.78. The summed E-state index contributed by atoms with van der Waals surface area (Å²) in [7, 11) is 0. The van der Waals surface area contributed by atoms with Gasteiger partial charge in [0.25, 0.3) is 5.91 Å². The Labute approximate surface area is 171 Å². The van der Waals surface area contributed by atoms with Gasteiger partial charge in [0.05, 0.1) is 10.7 Å². The molecule has 29 heavy (non-hydrogen) atoms. The number of benzene rings is 1. The molecule has 0 saturated heterocycles. The van der Waals surface area contributed by atoms with Crippen molar-refractivity contribution >= 4 is 29.2 Å². The van der Waals surface area contributed by atoms with Crippen LogP contribution in [-0.4, -0.2) is 33.2 Å². The Morgan fingerprint density at radius 2 is 1.93 bits per heavy atom. The smallest absolute Gasteiger partial charge is 0.359 e. The number of nitrogens with one attached hydrogen (secondary N) is 1. The van der Waals surface area contributed by atoms with E-state index < -0.39 is 24.3 Å². The number of pyridine rings is 1. The number of ether oxygens (including phenoxy) is 1. The van der Waals surface area contributed by atoms with Crippen LogP contribution in [0, 0.1) is 26.6 Å². The lowest BCUT2D eigenvalue weighted by Gasteiger charge is -2.09. The summed E-state index contributed by atoms with van der Waals surface area (Å²) in [6.45, 7) is 4.73. The number of halogens is 2. The summed E-state index contributed by atoms with van der Waals surface area (Å²) in [5.41, 5.74) is 2.22. The average molecular weight is 417 g/mol. The summed E-state index contributed by atoms with van der Waals surface area (Å²) >= 11 is 6.07. The van der Waals surface area contributed by atoms with Gasteiger partial charge in [-0.2, -0.15) is 5.10 Å². The van der Waals surface area contributed by atoms with E-state index in [0.29, 0.717) is 11.4 Å². The maximum Gasteiger partial charge on any atom is 0.359 e. The Kier molecular flexibility index (Phi) is 5.93. The van der Waals surface area contributed by atoms with Crippen molar-refractivity contribution in [2.24, 2.45) is 0 Å². The number of aromatic nitrogens is 3. The summed E-state index contributed by atoms with van der Waals surface area (Å²) in [5, 5.41) is 6.85. The molecule has 0 aliphatic carbocycles. The third-order valence-electron chi connectivity index (χ3n) is 4.04. The van der Waals surface area contributed by atoms with Gasteiger partial charge in [-0.25, -0.2) is 18.9 Å². The van der Waals surface area contributed by atoms with Crippen LogP contribution in [0.15, 0.2) is 36.4 Å². The molecule has 2 aromatic heterocycles. The highest BCUT2D eigenvalue weighted by Crippen LogP contribution is 2.19. The average Bonchev–Trinajstić information content (AvgIpc) is 3.01. The first-order chi connectivity index (χ1) is 13.7. The molecule has 150 valence electrons. The lowest BCUT2D eigenvalue weighted by Crippen LogP contribution is -2.22. The summed E-state index contributed by atoms with van der Waals surface area (Å²) in [5.74, 6) is -1.53. The fraction of sp³-hybridized carbons (Fsp3) is 0.200. The van der Waals surface area contributed by atoms with Gasteiger partial charge in [-0.3, -0.25) is 4.79 Å². The zero-order valence-electron chi connectivity index (χ0n) is 16.0. The van der Waals surface area contributed by atoms with Crippen LogP contribution in [0.4, 0.5) is 10.1 Å². The van der Waals surface area contributed by atoms with Crippen molar-refractivity contribution < 1.29 is 18.7 Å². The van der Waals surface area contributed by atoms with Gasteiger partial charge < -0.3 is 10.1 Å². The molecule has 2 heterocycles. The Balaban J connectivity index is 1.68. The molecule has 0 fully saturated rings. The predicted molar refractivity (Wildman–Crippen MR) is 106 cm³/mol. The van der Waals surface area contributed by atoms with Gasteiger partial charge in [-0.1, -0.05) is 17.7 Å². The van der Waals surface area contributed by atoms with Gasteiger partial charge in [0.15, 0.2) is 18.1 Å². The minimum Gasteiger partial charge on any atom is -0.451 e. The molecule has 7 nitrogen and oxygen atoms in total. The highest BCUT2D eigenvalue weighted by Gasteiger charge is 2.18. The molecule has 1 amide bonds. The van der Waals surface area contributed by atoms with Crippen molar-refractivity contribution in [3.8, 4) is 5.82 Å². The number of aryl methyl sites for hydroxylation is 3. The molecule has 9 heteroatoms. The molecule has 1 N–H and O–H groups in total. The topological polar surface area (TPSA) is 86.1 Å². The number of esters is 1. The van der Waals surface area contributed by atoms with Crippen molar-refractivity contribution in [2.45, 2.75) is 20.8 Å². The van der Waals surface area contributed by atoms with E-state index in [9.17, 15) is 14.0 Å². The summed E-state index contributed by atoms with van der Waals surface area (Å²) in [6.07, 6.45) is 0. The number of nitrogens with zero attached hydrogens (tertiary/aromatic N) is 3. The Morgan fingerprint density at radius 1 is 1.17 bits per heavy atom. The van der Waals surface area contributed by atoms with E-state index in [0.717, 1.165) is 11.4 Å². The Hall–Kier alpha value is -3.26. The number of rotatable bonds is 5. The zero-order chi connectivity index (χ0) is 21.1. The van der Waals surface area contributed by atoms with Crippen LogP contribution in [0.2, 0.25) is 5.02 Å². The highest BCUT2D eigenvalue weighted by molar-refractivity contribution is 6.33. The minimum atomic E-state index is -0.858. The third-order valence-corrected chi connectivity index (χ3v) is 4.35. The van der Waals surface area contributed by atoms with Crippen LogP contribution in [-0.2, 0) is 9.53 Å². The summed E-state index contributed by atoms with van der Waals surface area (Å²) in [4.78, 5) is 28.6. The molecule has 0 bridgehead atoms. The second-order valence-electron chi connectivity index (χ2n) is 6.43. The third kappa shape index (κ3) is 4.78.